The lowest BCUT2D eigenvalue weighted by Gasteiger charge is -2.47. The zero-order valence-electron chi connectivity index (χ0n) is 17.8. The largest absolute Gasteiger partial charge is 0.460 e. The van der Waals surface area contributed by atoms with Crippen LogP contribution in [0.25, 0.3) is 10.9 Å². The highest BCUT2D eigenvalue weighted by atomic mass is 16.6. The Labute approximate surface area is 168 Å². The maximum absolute atomic E-state index is 12.4. The monoisotopic (exact) mass is 382 g/mol. The molecule has 0 unspecified atom stereocenters. The summed E-state index contributed by atoms with van der Waals surface area (Å²) in [7, 11) is 0. The van der Waals surface area contributed by atoms with Gasteiger partial charge in [0.15, 0.2) is 0 Å². The van der Waals surface area contributed by atoms with E-state index in [-0.39, 0.29) is 5.97 Å². The fourth-order valence-corrected chi connectivity index (χ4v) is 5.29. The number of H-pyrrole nitrogens is 1. The van der Waals surface area contributed by atoms with Gasteiger partial charge in [-0.2, -0.15) is 0 Å². The second-order valence-corrected chi connectivity index (χ2v) is 9.65. The summed E-state index contributed by atoms with van der Waals surface area (Å²) < 4.78 is 5.58. The van der Waals surface area contributed by atoms with Crippen LogP contribution in [0.1, 0.15) is 70.7 Å². The van der Waals surface area contributed by atoms with E-state index in [4.69, 9.17) is 4.74 Å². The molecule has 1 N–H and O–H groups in total. The predicted octanol–water partition coefficient (Wildman–Crippen LogP) is 5.24. The molecule has 152 valence electrons. The molecule has 0 radical (unpaired) electrons. The van der Waals surface area contributed by atoms with Crippen LogP contribution >= 0.6 is 0 Å². The molecule has 1 fully saturated rings. The number of nitrogens with one attached hydrogen (secondary N) is 1. The molecular formula is C24H34N2O2. The minimum atomic E-state index is -0.406. The minimum Gasteiger partial charge on any atom is -0.460 e. The zero-order valence-corrected chi connectivity index (χ0v) is 17.8. The molecule has 1 aromatic carbocycles. The number of ether oxygens (including phenoxy) is 1. The van der Waals surface area contributed by atoms with Crippen molar-refractivity contribution >= 4 is 16.9 Å². The molecule has 3 heterocycles. The van der Waals surface area contributed by atoms with Crippen molar-refractivity contribution in [2.75, 3.05) is 13.1 Å². The second kappa shape index (κ2) is 7.55. The predicted molar refractivity (Wildman–Crippen MR) is 113 cm³/mol. The lowest BCUT2D eigenvalue weighted by atomic mass is 9.76. The van der Waals surface area contributed by atoms with Gasteiger partial charge in [0.1, 0.15) is 5.60 Å². The zero-order chi connectivity index (χ0) is 19.9. The first-order chi connectivity index (χ1) is 13.4. The number of piperidine rings is 1. The number of aromatic nitrogens is 1. The second-order valence-electron chi connectivity index (χ2n) is 9.65. The topological polar surface area (TPSA) is 45.3 Å². The Morgan fingerprint density at radius 3 is 2.82 bits per heavy atom. The summed E-state index contributed by atoms with van der Waals surface area (Å²) in [5, 5.41) is 1.38. The van der Waals surface area contributed by atoms with Crippen LogP contribution in [0.2, 0.25) is 0 Å². The molecule has 4 rings (SSSR count). The summed E-state index contributed by atoms with van der Waals surface area (Å²) in [5.74, 6) is 1.16. The third-order valence-electron chi connectivity index (χ3n) is 6.48. The van der Waals surface area contributed by atoms with E-state index >= 15 is 0 Å². The number of esters is 1. The number of fused-ring (bicyclic) bond motifs is 5. The van der Waals surface area contributed by atoms with Gasteiger partial charge in [-0.05, 0) is 63.5 Å². The van der Waals surface area contributed by atoms with E-state index in [1.807, 2.05) is 20.8 Å². The van der Waals surface area contributed by atoms with Crippen LogP contribution < -0.4 is 0 Å². The Balaban J connectivity index is 1.59. The lowest BCUT2D eigenvalue weighted by molar-refractivity contribution is -0.155. The van der Waals surface area contributed by atoms with Gasteiger partial charge in [0.25, 0.3) is 0 Å². The van der Waals surface area contributed by atoms with Crippen molar-refractivity contribution in [3.05, 3.63) is 35.5 Å². The molecule has 4 nitrogen and oxygen atoms in total. The van der Waals surface area contributed by atoms with Crippen molar-refractivity contribution in [2.45, 2.75) is 71.4 Å². The average Bonchev–Trinajstić information content (AvgIpc) is 3.03. The molecule has 3 atom stereocenters. The number of para-hydroxylation sites is 1. The molecule has 0 saturated carbocycles. The van der Waals surface area contributed by atoms with Gasteiger partial charge in [0.2, 0.25) is 0 Å². The summed E-state index contributed by atoms with van der Waals surface area (Å²) in [6, 6.07) is 9.08. The van der Waals surface area contributed by atoms with Crippen molar-refractivity contribution in [1.29, 1.82) is 0 Å². The summed E-state index contributed by atoms with van der Waals surface area (Å²) in [6.45, 7) is 10.4. The highest BCUT2D eigenvalue weighted by Gasteiger charge is 2.41. The number of carbonyl (C=O) groups excluding carboxylic acids is 1. The molecule has 4 heteroatoms. The third kappa shape index (κ3) is 3.84. The van der Waals surface area contributed by atoms with Gasteiger partial charge >= 0.3 is 5.97 Å². The van der Waals surface area contributed by atoms with Crippen molar-refractivity contribution in [2.24, 2.45) is 11.8 Å². The highest BCUT2D eigenvalue weighted by molar-refractivity contribution is 5.85. The summed E-state index contributed by atoms with van der Waals surface area (Å²) in [5.41, 5.74) is 3.74. The van der Waals surface area contributed by atoms with Crippen molar-refractivity contribution < 1.29 is 9.53 Å². The van der Waals surface area contributed by atoms with Gasteiger partial charge in [-0.15, -0.1) is 0 Å². The summed E-state index contributed by atoms with van der Waals surface area (Å²) >= 11 is 0. The Hall–Kier alpha value is -1.81. The first-order valence-electron chi connectivity index (χ1n) is 10.9. The fourth-order valence-electron chi connectivity index (χ4n) is 5.29. The normalized spacial score (nSPS) is 25.4. The van der Waals surface area contributed by atoms with Gasteiger partial charge < -0.3 is 9.72 Å². The maximum Gasteiger partial charge on any atom is 0.306 e. The molecule has 1 aromatic heterocycles. The van der Waals surface area contributed by atoms with Crippen molar-refractivity contribution in [1.82, 2.24) is 9.88 Å². The molecule has 0 aliphatic carbocycles. The Kier molecular flexibility index (Phi) is 5.26. The molecule has 1 saturated heterocycles. The van der Waals surface area contributed by atoms with Gasteiger partial charge in [0, 0.05) is 36.1 Å². The Morgan fingerprint density at radius 2 is 2.07 bits per heavy atom. The van der Waals surface area contributed by atoms with Crippen LogP contribution in [0, 0.1) is 11.8 Å². The maximum atomic E-state index is 12.4. The first-order valence-corrected chi connectivity index (χ1v) is 10.9. The molecule has 2 aromatic rings. The van der Waals surface area contributed by atoms with Gasteiger partial charge in [-0.1, -0.05) is 31.5 Å². The minimum absolute atomic E-state index is 0.0645. The van der Waals surface area contributed by atoms with Crippen molar-refractivity contribution in [3.8, 4) is 0 Å². The number of carbonyl (C=O) groups is 1. The lowest BCUT2D eigenvalue weighted by Crippen LogP contribution is -2.46. The van der Waals surface area contributed by atoms with Gasteiger partial charge in [-0.3, -0.25) is 9.69 Å². The molecule has 0 bridgehead atoms. The number of hydrogen-bond donors (Lipinski definition) is 1. The van der Waals surface area contributed by atoms with Crippen LogP contribution in [0.15, 0.2) is 24.3 Å². The molecule has 2 aliphatic heterocycles. The van der Waals surface area contributed by atoms with Crippen molar-refractivity contribution in [3.63, 3.8) is 0 Å². The van der Waals surface area contributed by atoms with Crippen LogP contribution in [0.3, 0.4) is 0 Å². The Morgan fingerprint density at radius 1 is 1.29 bits per heavy atom. The molecule has 2 aliphatic rings. The van der Waals surface area contributed by atoms with Gasteiger partial charge in [0.05, 0.1) is 6.04 Å². The SMILES string of the molecule is CC[C@@H]1C[C@H](CCC(=O)OC(C)(C)C)[C@@H]2c3[nH]c4ccccc4c3CCN2C1. The molecule has 0 spiro atoms. The summed E-state index contributed by atoms with van der Waals surface area (Å²) in [6.07, 6.45) is 4.95. The number of nitrogens with zero attached hydrogens (tertiary/aromatic N) is 1. The van der Waals surface area contributed by atoms with E-state index in [1.165, 1.54) is 41.5 Å². The van der Waals surface area contributed by atoms with E-state index < -0.39 is 5.60 Å². The fraction of sp³-hybridized carbons (Fsp3) is 0.625. The van der Waals surface area contributed by atoms with Crippen LogP contribution in [-0.4, -0.2) is 34.5 Å². The standard InChI is InChI=1S/C24H34N2O2/c1-5-16-14-17(10-11-21(27)28-24(2,3)4)23-22-19(12-13-26(23)15-16)18-8-6-7-9-20(18)25-22/h6-9,16-17,23,25H,5,10-15H2,1-4H3/t16-,17+,23-/m1/s1. The summed E-state index contributed by atoms with van der Waals surface area (Å²) in [4.78, 5) is 18.8. The van der Waals surface area contributed by atoms with E-state index in [0.717, 1.165) is 25.3 Å². The number of benzene rings is 1. The van der Waals surface area contributed by atoms with Crippen LogP contribution in [-0.2, 0) is 16.0 Å². The van der Waals surface area contributed by atoms with E-state index in [0.29, 0.717) is 18.4 Å². The first kappa shape index (κ1) is 19.5. The van der Waals surface area contributed by atoms with Gasteiger partial charge in [-0.25, -0.2) is 0 Å². The molecule has 28 heavy (non-hydrogen) atoms. The quantitative estimate of drug-likeness (QED) is 0.736. The third-order valence-corrected chi connectivity index (χ3v) is 6.48. The molecular weight excluding hydrogens is 348 g/mol. The number of rotatable bonds is 4. The van der Waals surface area contributed by atoms with Crippen LogP contribution in [0.4, 0.5) is 0 Å². The number of aromatic amines is 1. The Bertz CT molecular complexity index is 848. The van der Waals surface area contributed by atoms with E-state index in [2.05, 4.69) is 41.1 Å². The average molecular weight is 383 g/mol. The van der Waals surface area contributed by atoms with Crippen LogP contribution in [0.5, 0.6) is 0 Å². The molecule has 0 amide bonds. The highest BCUT2D eigenvalue weighted by Crippen LogP contribution is 2.46. The van der Waals surface area contributed by atoms with E-state index in [9.17, 15) is 4.79 Å². The van der Waals surface area contributed by atoms with E-state index in [1.54, 1.807) is 0 Å². The smallest absolute Gasteiger partial charge is 0.306 e. The number of hydrogen-bond acceptors (Lipinski definition) is 3.